The molecule has 0 radical (unpaired) electrons. The highest BCUT2D eigenvalue weighted by Gasteiger charge is 2.29. The SMILES string of the molecule is CCOC(=O)N/N=C(\C)c1ccc(C(F)(F)F)cc1. The topological polar surface area (TPSA) is 50.7 Å². The van der Waals surface area contributed by atoms with Gasteiger partial charge in [0.25, 0.3) is 0 Å². The van der Waals surface area contributed by atoms with E-state index in [9.17, 15) is 18.0 Å². The molecule has 0 unspecified atom stereocenters. The summed E-state index contributed by atoms with van der Waals surface area (Å²) in [4.78, 5) is 11.0. The molecule has 1 amide bonds. The number of nitrogens with zero attached hydrogens (tertiary/aromatic N) is 1. The second-order valence-electron chi connectivity index (χ2n) is 3.60. The van der Waals surface area contributed by atoms with E-state index in [4.69, 9.17) is 0 Å². The Labute approximate surface area is 108 Å². The van der Waals surface area contributed by atoms with Gasteiger partial charge < -0.3 is 4.74 Å². The summed E-state index contributed by atoms with van der Waals surface area (Å²) in [6.07, 6.45) is -5.08. The van der Waals surface area contributed by atoms with Crippen LogP contribution in [-0.2, 0) is 10.9 Å². The van der Waals surface area contributed by atoms with Gasteiger partial charge in [-0.1, -0.05) is 12.1 Å². The lowest BCUT2D eigenvalue weighted by Gasteiger charge is -2.07. The first-order valence-corrected chi connectivity index (χ1v) is 5.49. The molecule has 1 rings (SSSR count). The standard InChI is InChI=1S/C12H13F3N2O2/c1-3-19-11(18)17-16-8(2)9-4-6-10(7-5-9)12(13,14)15/h4-7H,3H2,1-2H3,(H,17,18)/b16-8+. The number of hydrogen-bond acceptors (Lipinski definition) is 3. The second kappa shape index (κ2) is 6.21. The smallest absolute Gasteiger partial charge is 0.427 e. The molecule has 0 saturated carbocycles. The molecule has 0 fully saturated rings. The minimum atomic E-state index is -4.37. The normalized spacial score (nSPS) is 12.2. The first-order chi connectivity index (χ1) is 8.84. The van der Waals surface area contributed by atoms with E-state index in [0.29, 0.717) is 11.3 Å². The molecule has 0 heterocycles. The van der Waals surface area contributed by atoms with E-state index in [1.54, 1.807) is 13.8 Å². The summed E-state index contributed by atoms with van der Waals surface area (Å²) >= 11 is 0. The molecule has 0 aromatic heterocycles. The molecule has 0 aliphatic rings. The van der Waals surface area contributed by atoms with Crippen molar-refractivity contribution in [3.63, 3.8) is 0 Å². The number of nitrogens with one attached hydrogen (secondary N) is 1. The van der Waals surface area contributed by atoms with Crippen LogP contribution in [0.2, 0.25) is 0 Å². The van der Waals surface area contributed by atoms with Crippen molar-refractivity contribution in [2.75, 3.05) is 6.61 Å². The van der Waals surface area contributed by atoms with Gasteiger partial charge in [0, 0.05) is 0 Å². The van der Waals surface area contributed by atoms with Crippen LogP contribution in [0.4, 0.5) is 18.0 Å². The fourth-order valence-electron chi connectivity index (χ4n) is 1.26. The molecule has 0 bridgehead atoms. The lowest BCUT2D eigenvalue weighted by atomic mass is 10.1. The Hall–Kier alpha value is -2.05. The Morgan fingerprint density at radius 3 is 2.37 bits per heavy atom. The number of amides is 1. The summed E-state index contributed by atoms with van der Waals surface area (Å²) in [5.74, 6) is 0. The monoisotopic (exact) mass is 274 g/mol. The Kier molecular flexibility index (Phi) is 4.91. The van der Waals surface area contributed by atoms with E-state index >= 15 is 0 Å². The van der Waals surface area contributed by atoms with Crippen LogP contribution in [-0.4, -0.2) is 18.4 Å². The zero-order valence-corrected chi connectivity index (χ0v) is 10.4. The van der Waals surface area contributed by atoms with Crippen LogP contribution in [0.5, 0.6) is 0 Å². The molecule has 0 aliphatic carbocycles. The second-order valence-corrected chi connectivity index (χ2v) is 3.60. The molecule has 0 spiro atoms. The van der Waals surface area contributed by atoms with Crippen LogP contribution < -0.4 is 5.43 Å². The van der Waals surface area contributed by atoms with Crippen LogP contribution in [0.15, 0.2) is 29.4 Å². The molecular weight excluding hydrogens is 261 g/mol. The third-order valence-corrected chi connectivity index (χ3v) is 2.22. The third-order valence-electron chi connectivity index (χ3n) is 2.22. The van der Waals surface area contributed by atoms with Gasteiger partial charge in [0.2, 0.25) is 0 Å². The van der Waals surface area contributed by atoms with Crippen molar-refractivity contribution in [1.29, 1.82) is 0 Å². The van der Waals surface area contributed by atoms with Crippen LogP contribution in [0, 0.1) is 0 Å². The summed E-state index contributed by atoms with van der Waals surface area (Å²) < 4.78 is 41.7. The Bertz CT molecular complexity index is 467. The van der Waals surface area contributed by atoms with Crippen molar-refractivity contribution < 1.29 is 22.7 Å². The van der Waals surface area contributed by atoms with E-state index < -0.39 is 17.8 Å². The number of ether oxygens (including phenoxy) is 1. The number of hydrogen-bond donors (Lipinski definition) is 1. The van der Waals surface area contributed by atoms with Crippen molar-refractivity contribution in [2.24, 2.45) is 5.10 Å². The van der Waals surface area contributed by atoms with Gasteiger partial charge in [-0.05, 0) is 31.5 Å². The molecule has 104 valence electrons. The van der Waals surface area contributed by atoms with Crippen molar-refractivity contribution >= 4 is 11.8 Å². The predicted octanol–water partition coefficient (Wildman–Crippen LogP) is 3.18. The zero-order chi connectivity index (χ0) is 14.5. The van der Waals surface area contributed by atoms with Gasteiger partial charge in [-0.25, -0.2) is 10.2 Å². The summed E-state index contributed by atoms with van der Waals surface area (Å²) in [7, 11) is 0. The highest BCUT2D eigenvalue weighted by Crippen LogP contribution is 2.29. The third kappa shape index (κ3) is 4.61. The zero-order valence-electron chi connectivity index (χ0n) is 10.4. The highest BCUT2D eigenvalue weighted by molar-refractivity contribution is 5.99. The number of alkyl halides is 3. The number of rotatable bonds is 3. The quantitative estimate of drug-likeness (QED) is 0.680. The summed E-state index contributed by atoms with van der Waals surface area (Å²) in [5.41, 5.74) is 2.25. The number of carbonyl (C=O) groups excluding carboxylic acids is 1. The van der Waals surface area contributed by atoms with Gasteiger partial charge in [0.1, 0.15) is 0 Å². The largest absolute Gasteiger partial charge is 0.449 e. The molecule has 19 heavy (non-hydrogen) atoms. The van der Waals surface area contributed by atoms with Crippen molar-refractivity contribution in [1.82, 2.24) is 5.43 Å². The summed E-state index contributed by atoms with van der Waals surface area (Å²) in [5, 5.41) is 3.72. The Morgan fingerprint density at radius 1 is 1.32 bits per heavy atom. The Morgan fingerprint density at radius 2 is 1.89 bits per heavy atom. The van der Waals surface area contributed by atoms with Gasteiger partial charge in [0.15, 0.2) is 0 Å². The maximum Gasteiger partial charge on any atom is 0.427 e. The van der Waals surface area contributed by atoms with E-state index in [1.807, 2.05) is 0 Å². The average molecular weight is 274 g/mol. The fraction of sp³-hybridized carbons (Fsp3) is 0.333. The first kappa shape index (κ1) is 15.0. The maximum absolute atomic E-state index is 12.4. The molecule has 7 heteroatoms. The lowest BCUT2D eigenvalue weighted by molar-refractivity contribution is -0.137. The van der Waals surface area contributed by atoms with E-state index in [0.717, 1.165) is 12.1 Å². The van der Waals surface area contributed by atoms with Gasteiger partial charge in [-0.3, -0.25) is 0 Å². The molecule has 0 saturated heterocycles. The molecule has 1 aromatic carbocycles. The minimum Gasteiger partial charge on any atom is -0.449 e. The maximum atomic E-state index is 12.4. The molecule has 0 atom stereocenters. The molecular formula is C12H13F3N2O2. The number of benzene rings is 1. The van der Waals surface area contributed by atoms with Gasteiger partial charge >= 0.3 is 12.3 Å². The van der Waals surface area contributed by atoms with Gasteiger partial charge in [0.05, 0.1) is 17.9 Å². The van der Waals surface area contributed by atoms with Crippen LogP contribution >= 0.6 is 0 Å². The van der Waals surface area contributed by atoms with E-state index in [-0.39, 0.29) is 6.61 Å². The first-order valence-electron chi connectivity index (χ1n) is 5.49. The number of hydrazone groups is 1. The van der Waals surface area contributed by atoms with Crippen molar-refractivity contribution in [3.05, 3.63) is 35.4 Å². The van der Waals surface area contributed by atoms with Crippen LogP contribution in [0.3, 0.4) is 0 Å². The lowest BCUT2D eigenvalue weighted by Crippen LogP contribution is -2.20. The molecule has 4 nitrogen and oxygen atoms in total. The van der Waals surface area contributed by atoms with E-state index in [2.05, 4.69) is 15.3 Å². The molecule has 0 aliphatic heterocycles. The van der Waals surface area contributed by atoms with E-state index in [1.165, 1.54) is 12.1 Å². The minimum absolute atomic E-state index is 0.209. The number of carbonyl (C=O) groups is 1. The fourth-order valence-corrected chi connectivity index (χ4v) is 1.26. The molecule has 1 aromatic rings. The van der Waals surface area contributed by atoms with Gasteiger partial charge in [-0.2, -0.15) is 18.3 Å². The van der Waals surface area contributed by atoms with Crippen LogP contribution in [0.1, 0.15) is 25.0 Å². The van der Waals surface area contributed by atoms with Crippen LogP contribution in [0.25, 0.3) is 0 Å². The predicted molar refractivity (Wildman–Crippen MR) is 63.8 cm³/mol. The summed E-state index contributed by atoms with van der Waals surface area (Å²) in [6.45, 7) is 3.42. The Balaban J connectivity index is 2.75. The van der Waals surface area contributed by atoms with Gasteiger partial charge in [-0.15, -0.1) is 0 Å². The highest BCUT2D eigenvalue weighted by atomic mass is 19.4. The summed E-state index contributed by atoms with van der Waals surface area (Å²) in [6, 6.07) is 4.49. The average Bonchev–Trinajstić information content (AvgIpc) is 2.35. The van der Waals surface area contributed by atoms with Crippen molar-refractivity contribution in [2.45, 2.75) is 20.0 Å². The molecule has 1 N–H and O–H groups in total. The van der Waals surface area contributed by atoms with Crippen molar-refractivity contribution in [3.8, 4) is 0 Å². The number of halogens is 3.